The second-order valence-electron chi connectivity index (χ2n) is 8.63. The highest BCUT2D eigenvalue weighted by Gasteiger charge is 2.44. The SMILES string of the molecule is Cc1cc([C@H]2[C@H](c3ccccn3)N=C3S[C@@H](C)CN32)c(C)n1C1CCCCC1. The molecule has 5 rings (SSSR count). The predicted molar refractivity (Wildman–Crippen MR) is 117 cm³/mol. The molecule has 4 heterocycles. The number of aryl methyl sites for hydroxylation is 1. The zero-order valence-corrected chi connectivity index (χ0v) is 18.0. The average Bonchev–Trinajstić information content (AvgIpc) is 3.33. The number of hydrogen-bond acceptors (Lipinski definition) is 4. The Morgan fingerprint density at radius 3 is 2.68 bits per heavy atom. The lowest BCUT2D eigenvalue weighted by molar-refractivity contribution is 0.315. The molecule has 0 N–H and O–H groups in total. The summed E-state index contributed by atoms with van der Waals surface area (Å²) in [6.45, 7) is 8.00. The topological polar surface area (TPSA) is 33.4 Å². The summed E-state index contributed by atoms with van der Waals surface area (Å²) in [7, 11) is 0. The molecule has 0 bridgehead atoms. The lowest BCUT2D eigenvalue weighted by atomic mass is 9.94. The molecule has 3 atom stereocenters. The molecule has 4 nitrogen and oxygen atoms in total. The minimum absolute atomic E-state index is 0.0940. The molecule has 2 aromatic heterocycles. The number of fused-ring (bicyclic) bond motifs is 1. The number of aromatic nitrogens is 2. The van der Waals surface area contributed by atoms with Crippen molar-refractivity contribution in [3.8, 4) is 0 Å². The van der Waals surface area contributed by atoms with Crippen molar-refractivity contribution in [1.29, 1.82) is 0 Å². The Bertz CT molecular complexity index is 882. The molecule has 148 valence electrons. The first-order valence-electron chi connectivity index (χ1n) is 10.7. The zero-order valence-electron chi connectivity index (χ0n) is 17.1. The maximum absolute atomic E-state index is 5.15. The summed E-state index contributed by atoms with van der Waals surface area (Å²) in [5.74, 6) is 0. The van der Waals surface area contributed by atoms with Crippen LogP contribution in [0.3, 0.4) is 0 Å². The molecule has 0 radical (unpaired) electrons. The van der Waals surface area contributed by atoms with Crippen molar-refractivity contribution >= 4 is 16.9 Å². The maximum Gasteiger partial charge on any atom is 0.160 e. The quantitative estimate of drug-likeness (QED) is 0.680. The van der Waals surface area contributed by atoms with Gasteiger partial charge in [-0.3, -0.25) is 9.98 Å². The average molecular weight is 395 g/mol. The molecule has 28 heavy (non-hydrogen) atoms. The molecule has 2 aliphatic heterocycles. The van der Waals surface area contributed by atoms with E-state index in [1.807, 2.05) is 24.0 Å². The molecule has 5 heteroatoms. The Morgan fingerprint density at radius 2 is 1.93 bits per heavy atom. The van der Waals surface area contributed by atoms with Gasteiger partial charge >= 0.3 is 0 Å². The predicted octanol–water partition coefficient (Wildman–Crippen LogP) is 5.59. The van der Waals surface area contributed by atoms with E-state index < -0.39 is 0 Å². The van der Waals surface area contributed by atoms with Crippen LogP contribution in [-0.2, 0) is 0 Å². The van der Waals surface area contributed by atoms with Gasteiger partial charge in [-0.2, -0.15) is 0 Å². The van der Waals surface area contributed by atoms with Crippen molar-refractivity contribution < 1.29 is 0 Å². The smallest absolute Gasteiger partial charge is 0.160 e. The van der Waals surface area contributed by atoms with Gasteiger partial charge in [0.1, 0.15) is 6.04 Å². The van der Waals surface area contributed by atoms with Crippen LogP contribution in [0.4, 0.5) is 0 Å². The molecule has 0 spiro atoms. The number of amidine groups is 1. The number of thioether (sulfide) groups is 1. The number of rotatable bonds is 3. The van der Waals surface area contributed by atoms with Crippen LogP contribution < -0.4 is 0 Å². The summed E-state index contributed by atoms with van der Waals surface area (Å²) >= 11 is 1.92. The van der Waals surface area contributed by atoms with E-state index in [1.54, 1.807) is 0 Å². The highest BCUT2D eigenvalue weighted by Crippen LogP contribution is 2.49. The summed E-state index contributed by atoms with van der Waals surface area (Å²) in [6.07, 6.45) is 8.67. The van der Waals surface area contributed by atoms with Gasteiger partial charge in [-0.1, -0.05) is 44.0 Å². The van der Waals surface area contributed by atoms with Gasteiger partial charge in [-0.15, -0.1) is 0 Å². The van der Waals surface area contributed by atoms with Gasteiger partial charge in [0.2, 0.25) is 0 Å². The Kier molecular flexibility index (Phi) is 4.74. The first-order chi connectivity index (χ1) is 13.6. The standard InChI is InChI=1S/C23H30N4S/c1-15-13-19(17(3)27(15)18-9-5-4-6-10-18)22-21(20-11-7-8-12-24-20)25-23-26(22)14-16(2)28-23/h7-8,11-13,16,18,21-22H,4-6,9-10,14H2,1-3H3/t16-,21-,22-/m0/s1. The van der Waals surface area contributed by atoms with Crippen LogP contribution in [0, 0.1) is 13.8 Å². The molecule has 1 saturated carbocycles. The van der Waals surface area contributed by atoms with Crippen LogP contribution in [0.2, 0.25) is 0 Å². The summed E-state index contributed by atoms with van der Waals surface area (Å²) in [5.41, 5.74) is 5.39. The van der Waals surface area contributed by atoms with Crippen LogP contribution in [0.15, 0.2) is 35.5 Å². The van der Waals surface area contributed by atoms with Gasteiger partial charge in [0.05, 0.1) is 11.7 Å². The van der Waals surface area contributed by atoms with E-state index in [4.69, 9.17) is 4.99 Å². The molecule has 0 unspecified atom stereocenters. The van der Waals surface area contributed by atoms with Crippen molar-refractivity contribution in [3.63, 3.8) is 0 Å². The molecule has 1 aliphatic carbocycles. The first kappa shape index (κ1) is 18.3. The van der Waals surface area contributed by atoms with E-state index in [0.717, 1.165) is 12.2 Å². The van der Waals surface area contributed by atoms with Gasteiger partial charge in [-0.05, 0) is 50.5 Å². The lowest BCUT2D eigenvalue weighted by Gasteiger charge is -2.29. The third kappa shape index (κ3) is 2.99. The fourth-order valence-electron chi connectivity index (χ4n) is 5.46. The van der Waals surface area contributed by atoms with Crippen molar-refractivity contribution in [2.24, 2.45) is 4.99 Å². The fraction of sp³-hybridized carbons (Fsp3) is 0.565. The van der Waals surface area contributed by atoms with E-state index in [0.29, 0.717) is 11.3 Å². The summed E-state index contributed by atoms with van der Waals surface area (Å²) in [6, 6.07) is 9.69. The van der Waals surface area contributed by atoms with Crippen LogP contribution in [-0.4, -0.2) is 31.4 Å². The second-order valence-corrected chi connectivity index (χ2v) is 10.0. The molecule has 0 amide bonds. The van der Waals surface area contributed by atoms with E-state index in [-0.39, 0.29) is 12.1 Å². The van der Waals surface area contributed by atoms with Crippen LogP contribution in [0.1, 0.15) is 79.8 Å². The summed E-state index contributed by atoms with van der Waals surface area (Å²) in [4.78, 5) is 12.4. The van der Waals surface area contributed by atoms with Gasteiger partial charge in [0, 0.05) is 35.4 Å². The van der Waals surface area contributed by atoms with Crippen molar-refractivity contribution in [2.75, 3.05) is 6.54 Å². The Labute approximate surface area is 172 Å². The molecule has 2 aromatic rings. The van der Waals surface area contributed by atoms with E-state index in [2.05, 4.69) is 53.4 Å². The lowest BCUT2D eigenvalue weighted by Crippen LogP contribution is -2.29. The van der Waals surface area contributed by atoms with Gasteiger partial charge < -0.3 is 9.47 Å². The molecule has 1 saturated heterocycles. The van der Waals surface area contributed by atoms with Gasteiger partial charge in [0.25, 0.3) is 0 Å². The van der Waals surface area contributed by atoms with E-state index in [1.165, 1.54) is 54.2 Å². The third-order valence-corrected chi connectivity index (χ3v) is 7.77. The van der Waals surface area contributed by atoms with Crippen molar-refractivity contribution in [1.82, 2.24) is 14.5 Å². The van der Waals surface area contributed by atoms with E-state index in [9.17, 15) is 0 Å². The minimum atomic E-state index is 0.0940. The van der Waals surface area contributed by atoms with Gasteiger partial charge in [0.15, 0.2) is 5.17 Å². The first-order valence-corrected chi connectivity index (χ1v) is 11.6. The fourth-order valence-corrected chi connectivity index (χ4v) is 6.55. The highest BCUT2D eigenvalue weighted by molar-refractivity contribution is 8.14. The number of aliphatic imine (C=N–C) groups is 1. The Balaban J connectivity index is 1.56. The minimum Gasteiger partial charge on any atom is -0.346 e. The third-order valence-electron chi connectivity index (χ3n) is 6.66. The normalized spacial score (nSPS) is 27.9. The summed E-state index contributed by atoms with van der Waals surface area (Å²) < 4.78 is 2.63. The largest absolute Gasteiger partial charge is 0.346 e. The monoisotopic (exact) mass is 394 g/mol. The van der Waals surface area contributed by atoms with Crippen molar-refractivity contribution in [3.05, 3.63) is 53.1 Å². The number of pyridine rings is 1. The zero-order chi connectivity index (χ0) is 19.3. The molecule has 2 fully saturated rings. The molecular weight excluding hydrogens is 364 g/mol. The van der Waals surface area contributed by atoms with Crippen molar-refractivity contribution in [2.45, 2.75) is 76.3 Å². The van der Waals surface area contributed by atoms with Crippen LogP contribution >= 0.6 is 11.8 Å². The number of nitrogens with zero attached hydrogens (tertiary/aromatic N) is 4. The Morgan fingerprint density at radius 1 is 1.11 bits per heavy atom. The number of hydrogen-bond donors (Lipinski definition) is 0. The van der Waals surface area contributed by atoms with E-state index >= 15 is 0 Å². The van der Waals surface area contributed by atoms with Gasteiger partial charge in [-0.25, -0.2) is 0 Å². The molecule has 0 aromatic carbocycles. The second kappa shape index (κ2) is 7.25. The highest BCUT2D eigenvalue weighted by atomic mass is 32.2. The maximum atomic E-state index is 5.15. The van der Waals surface area contributed by atoms with Crippen LogP contribution in [0.25, 0.3) is 0 Å². The molecular formula is C23H30N4S. The Hall–Kier alpha value is -1.75. The van der Waals surface area contributed by atoms with Crippen LogP contribution in [0.5, 0.6) is 0 Å². The summed E-state index contributed by atoms with van der Waals surface area (Å²) in [5, 5.41) is 1.81. The molecule has 3 aliphatic rings.